The Morgan fingerprint density at radius 2 is 2.36 bits per heavy atom. The van der Waals surface area contributed by atoms with Gasteiger partial charge in [-0.3, -0.25) is 0 Å². The van der Waals surface area contributed by atoms with E-state index in [1.54, 1.807) is 0 Å². The molecule has 66 valence electrons. The van der Waals surface area contributed by atoms with E-state index in [0.717, 1.165) is 5.25 Å². The summed E-state index contributed by atoms with van der Waals surface area (Å²) in [5, 5.41) is 4.26. The molecule has 1 fully saturated rings. The van der Waals surface area contributed by atoms with Crippen LogP contribution >= 0.6 is 11.8 Å². The first-order valence-electron chi connectivity index (χ1n) is 4.26. The lowest BCUT2D eigenvalue weighted by molar-refractivity contribution is 0.437. The molecule has 1 rings (SSSR count). The van der Waals surface area contributed by atoms with Gasteiger partial charge in [-0.15, -0.1) is 0 Å². The highest BCUT2D eigenvalue weighted by molar-refractivity contribution is 7.99. The highest BCUT2D eigenvalue weighted by Gasteiger charge is 2.13. The van der Waals surface area contributed by atoms with Crippen molar-refractivity contribution < 1.29 is 0 Å². The van der Waals surface area contributed by atoms with Crippen molar-refractivity contribution in [1.29, 1.82) is 0 Å². The smallest absolute Gasteiger partial charge is 0.0185 e. The molecule has 1 aliphatic heterocycles. The van der Waals surface area contributed by atoms with Gasteiger partial charge in [0, 0.05) is 24.1 Å². The predicted octanol–water partition coefficient (Wildman–Crippen LogP) is 0.643. The summed E-state index contributed by atoms with van der Waals surface area (Å²) >= 11 is 2.11. The number of nitrogens with one attached hydrogen (secondary N) is 1. The van der Waals surface area contributed by atoms with Gasteiger partial charge < -0.3 is 10.2 Å². The molecule has 1 heterocycles. The summed E-state index contributed by atoms with van der Waals surface area (Å²) in [6.07, 6.45) is 1.36. The standard InChI is InChI=1S/C8H18N2S/c1-10(2)5-6-11-8-3-4-9-7-8/h8-9H,3-7H2,1-2H3. The van der Waals surface area contributed by atoms with E-state index in [2.05, 4.69) is 36.1 Å². The molecule has 0 aromatic heterocycles. The van der Waals surface area contributed by atoms with Crippen molar-refractivity contribution in [3.05, 3.63) is 0 Å². The van der Waals surface area contributed by atoms with E-state index in [1.165, 1.54) is 31.8 Å². The average Bonchev–Trinajstić information content (AvgIpc) is 2.39. The van der Waals surface area contributed by atoms with Crippen molar-refractivity contribution in [3.63, 3.8) is 0 Å². The Balaban J connectivity index is 1.94. The number of hydrogen-bond acceptors (Lipinski definition) is 3. The van der Waals surface area contributed by atoms with Crippen molar-refractivity contribution in [3.8, 4) is 0 Å². The Bertz CT molecular complexity index is 100. The molecular weight excluding hydrogens is 156 g/mol. The summed E-state index contributed by atoms with van der Waals surface area (Å²) in [6, 6.07) is 0. The van der Waals surface area contributed by atoms with E-state index < -0.39 is 0 Å². The molecule has 0 amide bonds. The van der Waals surface area contributed by atoms with Gasteiger partial charge in [-0.1, -0.05) is 0 Å². The van der Waals surface area contributed by atoms with Crippen LogP contribution in [0.2, 0.25) is 0 Å². The molecule has 0 radical (unpaired) electrons. The minimum Gasteiger partial charge on any atom is -0.316 e. The summed E-state index contributed by atoms with van der Waals surface area (Å²) < 4.78 is 0. The van der Waals surface area contributed by atoms with Crippen molar-refractivity contribution in [2.45, 2.75) is 11.7 Å². The monoisotopic (exact) mass is 174 g/mol. The summed E-state index contributed by atoms with van der Waals surface area (Å²) in [7, 11) is 4.26. The highest BCUT2D eigenvalue weighted by atomic mass is 32.2. The maximum absolute atomic E-state index is 3.38. The zero-order valence-corrected chi connectivity index (χ0v) is 8.28. The normalized spacial score (nSPS) is 24.8. The van der Waals surface area contributed by atoms with Crippen molar-refractivity contribution in [2.24, 2.45) is 0 Å². The first-order valence-corrected chi connectivity index (χ1v) is 5.31. The van der Waals surface area contributed by atoms with Crippen LogP contribution < -0.4 is 5.32 Å². The van der Waals surface area contributed by atoms with Crippen molar-refractivity contribution >= 4 is 11.8 Å². The van der Waals surface area contributed by atoms with E-state index in [0.29, 0.717) is 0 Å². The second-order valence-electron chi connectivity index (χ2n) is 3.29. The van der Waals surface area contributed by atoms with Gasteiger partial charge in [-0.25, -0.2) is 0 Å². The van der Waals surface area contributed by atoms with Crippen LogP contribution in [0.3, 0.4) is 0 Å². The molecule has 0 spiro atoms. The molecule has 1 unspecified atom stereocenters. The number of nitrogens with zero attached hydrogens (tertiary/aromatic N) is 1. The van der Waals surface area contributed by atoms with Crippen LogP contribution in [0.5, 0.6) is 0 Å². The number of rotatable bonds is 4. The van der Waals surface area contributed by atoms with Crippen molar-refractivity contribution in [1.82, 2.24) is 10.2 Å². The summed E-state index contributed by atoms with van der Waals surface area (Å²) in [5.74, 6) is 1.28. The molecular formula is C8H18N2S. The van der Waals surface area contributed by atoms with Crippen LogP contribution in [-0.4, -0.2) is 49.6 Å². The summed E-state index contributed by atoms with van der Waals surface area (Å²) in [5.41, 5.74) is 0. The van der Waals surface area contributed by atoms with Crippen LogP contribution in [0, 0.1) is 0 Å². The molecule has 1 saturated heterocycles. The molecule has 1 atom stereocenters. The molecule has 0 bridgehead atoms. The fraction of sp³-hybridized carbons (Fsp3) is 1.00. The largest absolute Gasteiger partial charge is 0.316 e. The molecule has 2 nitrogen and oxygen atoms in total. The molecule has 1 N–H and O–H groups in total. The molecule has 3 heteroatoms. The lowest BCUT2D eigenvalue weighted by atomic mass is 10.4. The SMILES string of the molecule is CN(C)CCSC1CCNC1. The topological polar surface area (TPSA) is 15.3 Å². The third kappa shape index (κ3) is 3.99. The molecule has 0 aromatic rings. The first kappa shape index (κ1) is 9.36. The van der Waals surface area contributed by atoms with Gasteiger partial charge >= 0.3 is 0 Å². The fourth-order valence-corrected chi connectivity index (χ4v) is 2.50. The van der Waals surface area contributed by atoms with Crippen LogP contribution in [0.25, 0.3) is 0 Å². The molecule has 1 aliphatic rings. The van der Waals surface area contributed by atoms with Gasteiger partial charge in [0.25, 0.3) is 0 Å². The van der Waals surface area contributed by atoms with Gasteiger partial charge in [0.15, 0.2) is 0 Å². The Labute approximate surface area is 73.7 Å². The minimum absolute atomic E-state index is 0.884. The second-order valence-corrected chi connectivity index (χ2v) is 4.70. The molecule has 0 aliphatic carbocycles. The summed E-state index contributed by atoms with van der Waals surface area (Å²) in [4.78, 5) is 2.25. The zero-order valence-electron chi connectivity index (χ0n) is 7.47. The van der Waals surface area contributed by atoms with Gasteiger partial charge in [-0.2, -0.15) is 11.8 Å². The number of hydrogen-bond donors (Lipinski definition) is 1. The average molecular weight is 174 g/mol. The first-order chi connectivity index (χ1) is 5.29. The second kappa shape index (κ2) is 5.01. The van der Waals surface area contributed by atoms with Crippen LogP contribution in [0.4, 0.5) is 0 Å². The number of thioether (sulfide) groups is 1. The third-order valence-corrected chi connectivity index (χ3v) is 3.20. The lowest BCUT2D eigenvalue weighted by Gasteiger charge is -2.11. The van der Waals surface area contributed by atoms with Gasteiger partial charge in [-0.05, 0) is 27.1 Å². The Hall–Kier alpha value is 0.270. The van der Waals surface area contributed by atoms with E-state index in [1.807, 2.05) is 0 Å². The van der Waals surface area contributed by atoms with E-state index in [9.17, 15) is 0 Å². The quantitative estimate of drug-likeness (QED) is 0.673. The zero-order chi connectivity index (χ0) is 8.10. The minimum atomic E-state index is 0.884. The molecule has 11 heavy (non-hydrogen) atoms. The van der Waals surface area contributed by atoms with Gasteiger partial charge in [0.1, 0.15) is 0 Å². The Morgan fingerprint density at radius 1 is 1.55 bits per heavy atom. The lowest BCUT2D eigenvalue weighted by Crippen LogP contribution is -2.17. The predicted molar refractivity (Wildman–Crippen MR) is 52.3 cm³/mol. The third-order valence-electron chi connectivity index (χ3n) is 1.91. The highest BCUT2D eigenvalue weighted by Crippen LogP contribution is 2.16. The van der Waals surface area contributed by atoms with Crippen LogP contribution in [0.1, 0.15) is 6.42 Å². The maximum atomic E-state index is 3.38. The molecule has 0 saturated carbocycles. The Kier molecular flexibility index (Phi) is 4.26. The molecule has 0 aromatic carbocycles. The van der Waals surface area contributed by atoms with Crippen molar-refractivity contribution in [2.75, 3.05) is 39.5 Å². The Morgan fingerprint density at radius 3 is 2.91 bits per heavy atom. The van der Waals surface area contributed by atoms with Crippen LogP contribution in [-0.2, 0) is 0 Å². The summed E-state index contributed by atoms with van der Waals surface area (Å²) in [6.45, 7) is 3.65. The maximum Gasteiger partial charge on any atom is 0.0185 e. The van der Waals surface area contributed by atoms with Gasteiger partial charge in [0.05, 0.1) is 0 Å². The van der Waals surface area contributed by atoms with E-state index in [4.69, 9.17) is 0 Å². The van der Waals surface area contributed by atoms with E-state index in [-0.39, 0.29) is 0 Å². The van der Waals surface area contributed by atoms with Crippen LogP contribution in [0.15, 0.2) is 0 Å². The fourth-order valence-electron chi connectivity index (χ4n) is 1.17. The van der Waals surface area contributed by atoms with Gasteiger partial charge in [0.2, 0.25) is 0 Å². The van der Waals surface area contributed by atoms with E-state index >= 15 is 0 Å².